The molecule has 1 fully saturated rings. The molecule has 1 aliphatic heterocycles. The molecule has 3 N–H and O–H groups in total. The third kappa shape index (κ3) is 1.91. The van der Waals surface area contributed by atoms with Gasteiger partial charge >= 0.3 is 0 Å². The SMILES string of the molecule is O=C(N[C@@H]1CCNC1)c1cccc2[nH]ccc12. The molecule has 3 rings (SSSR count). The molecule has 0 aliphatic carbocycles. The van der Waals surface area contributed by atoms with E-state index >= 15 is 0 Å². The van der Waals surface area contributed by atoms with Crippen LogP contribution in [0.1, 0.15) is 16.8 Å². The first-order valence-electron chi connectivity index (χ1n) is 5.92. The Morgan fingerprint density at radius 3 is 3.12 bits per heavy atom. The zero-order valence-electron chi connectivity index (χ0n) is 9.49. The molecule has 1 saturated heterocycles. The standard InChI is InChI=1S/C13H15N3O/c17-13(16-9-4-6-14-8-9)11-2-1-3-12-10(11)5-7-15-12/h1-3,5,7,9,14-15H,4,6,8H2,(H,16,17)/t9-/m1/s1. The van der Waals surface area contributed by atoms with Crippen LogP contribution in [0.3, 0.4) is 0 Å². The number of aromatic nitrogens is 1. The van der Waals surface area contributed by atoms with Crippen molar-refractivity contribution in [3.63, 3.8) is 0 Å². The smallest absolute Gasteiger partial charge is 0.252 e. The van der Waals surface area contributed by atoms with Gasteiger partial charge in [0.25, 0.3) is 5.91 Å². The maximum absolute atomic E-state index is 12.2. The highest BCUT2D eigenvalue weighted by molar-refractivity contribution is 6.06. The van der Waals surface area contributed by atoms with Crippen LogP contribution in [0.4, 0.5) is 0 Å². The van der Waals surface area contributed by atoms with Gasteiger partial charge in [0.2, 0.25) is 0 Å². The van der Waals surface area contributed by atoms with E-state index in [-0.39, 0.29) is 11.9 Å². The van der Waals surface area contributed by atoms with E-state index in [2.05, 4.69) is 15.6 Å². The van der Waals surface area contributed by atoms with Crippen molar-refractivity contribution in [1.82, 2.24) is 15.6 Å². The highest BCUT2D eigenvalue weighted by atomic mass is 16.1. The molecule has 1 aromatic carbocycles. The summed E-state index contributed by atoms with van der Waals surface area (Å²) in [7, 11) is 0. The Morgan fingerprint density at radius 1 is 1.35 bits per heavy atom. The van der Waals surface area contributed by atoms with Crippen LogP contribution in [0.15, 0.2) is 30.5 Å². The van der Waals surface area contributed by atoms with E-state index in [9.17, 15) is 4.79 Å². The lowest BCUT2D eigenvalue weighted by Gasteiger charge is -2.11. The summed E-state index contributed by atoms with van der Waals surface area (Å²) >= 11 is 0. The van der Waals surface area contributed by atoms with Gasteiger partial charge in [-0.1, -0.05) is 6.07 Å². The molecule has 4 heteroatoms. The van der Waals surface area contributed by atoms with E-state index in [4.69, 9.17) is 0 Å². The van der Waals surface area contributed by atoms with E-state index in [1.54, 1.807) is 0 Å². The zero-order chi connectivity index (χ0) is 11.7. The number of hydrogen-bond acceptors (Lipinski definition) is 2. The van der Waals surface area contributed by atoms with Crippen molar-refractivity contribution in [3.8, 4) is 0 Å². The topological polar surface area (TPSA) is 56.9 Å². The number of hydrogen-bond donors (Lipinski definition) is 3. The largest absolute Gasteiger partial charge is 0.361 e. The minimum Gasteiger partial charge on any atom is -0.361 e. The van der Waals surface area contributed by atoms with Gasteiger partial charge in [-0.3, -0.25) is 4.79 Å². The summed E-state index contributed by atoms with van der Waals surface area (Å²) in [6.07, 6.45) is 2.87. The maximum Gasteiger partial charge on any atom is 0.252 e. The Morgan fingerprint density at radius 2 is 2.29 bits per heavy atom. The first-order chi connectivity index (χ1) is 8.34. The molecule has 1 atom stereocenters. The number of aromatic amines is 1. The van der Waals surface area contributed by atoms with Crippen molar-refractivity contribution < 1.29 is 4.79 Å². The molecular weight excluding hydrogens is 214 g/mol. The highest BCUT2D eigenvalue weighted by Crippen LogP contribution is 2.17. The van der Waals surface area contributed by atoms with Crippen LogP contribution >= 0.6 is 0 Å². The van der Waals surface area contributed by atoms with Crippen molar-refractivity contribution in [2.45, 2.75) is 12.5 Å². The number of rotatable bonds is 2. The van der Waals surface area contributed by atoms with Crippen LogP contribution in [0, 0.1) is 0 Å². The number of amides is 1. The summed E-state index contributed by atoms with van der Waals surface area (Å²) in [5, 5.41) is 7.28. The lowest BCUT2D eigenvalue weighted by Crippen LogP contribution is -2.36. The van der Waals surface area contributed by atoms with Gasteiger partial charge in [0, 0.05) is 35.2 Å². The Hall–Kier alpha value is -1.81. The van der Waals surface area contributed by atoms with Gasteiger partial charge in [0.1, 0.15) is 0 Å². The minimum atomic E-state index is 0.0175. The predicted molar refractivity (Wildman–Crippen MR) is 67.0 cm³/mol. The van der Waals surface area contributed by atoms with Gasteiger partial charge in [-0.25, -0.2) is 0 Å². The number of fused-ring (bicyclic) bond motifs is 1. The fourth-order valence-corrected chi connectivity index (χ4v) is 2.32. The predicted octanol–water partition coefficient (Wildman–Crippen LogP) is 1.26. The second kappa shape index (κ2) is 4.22. The Bertz CT molecular complexity index is 540. The van der Waals surface area contributed by atoms with E-state index in [1.807, 2.05) is 30.5 Å². The van der Waals surface area contributed by atoms with Crippen molar-refractivity contribution in [2.75, 3.05) is 13.1 Å². The zero-order valence-corrected chi connectivity index (χ0v) is 9.49. The average Bonchev–Trinajstić information content (AvgIpc) is 2.97. The molecule has 0 radical (unpaired) electrons. The maximum atomic E-state index is 12.2. The molecule has 88 valence electrons. The molecule has 0 bridgehead atoms. The van der Waals surface area contributed by atoms with Crippen molar-refractivity contribution in [1.29, 1.82) is 0 Å². The molecule has 0 saturated carbocycles. The van der Waals surface area contributed by atoms with E-state index in [1.165, 1.54) is 0 Å². The molecule has 2 heterocycles. The number of benzene rings is 1. The molecule has 0 spiro atoms. The minimum absolute atomic E-state index is 0.0175. The van der Waals surface area contributed by atoms with Crippen LogP contribution in [0.25, 0.3) is 10.9 Å². The Kier molecular flexibility index (Phi) is 2.57. The first-order valence-corrected chi connectivity index (χ1v) is 5.92. The van der Waals surface area contributed by atoms with E-state index < -0.39 is 0 Å². The number of H-pyrrole nitrogens is 1. The summed E-state index contributed by atoms with van der Waals surface area (Å²) < 4.78 is 0. The normalized spacial score (nSPS) is 19.6. The molecular formula is C13H15N3O. The highest BCUT2D eigenvalue weighted by Gasteiger charge is 2.18. The van der Waals surface area contributed by atoms with Gasteiger partial charge in [-0.05, 0) is 31.2 Å². The third-order valence-corrected chi connectivity index (χ3v) is 3.24. The van der Waals surface area contributed by atoms with Crippen LogP contribution in [-0.4, -0.2) is 30.0 Å². The van der Waals surface area contributed by atoms with Crippen LogP contribution in [0.5, 0.6) is 0 Å². The molecule has 1 aliphatic rings. The molecule has 17 heavy (non-hydrogen) atoms. The van der Waals surface area contributed by atoms with Gasteiger partial charge < -0.3 is 15.6 Å². The van der Waals surface area contributed by atoms with Gasteiger partial charge in [0.15, 0.2) is 0 Å². The monoisotopic (exact) mass is 229 g/mol. The lowest BCUT2D eigenvalue weighted by molar-refractivity contribution is 0.0942. The first kappa shape index (κ1) is 10.4. The number of nitrogens with one attached hydrogen (secondary N) is 3. The molecule has 1 amide bonds. The van der Waals surface area contributed by atoms with E-state index in [0.717, 1.165) is 36.0 Å². The van der Waals surface area contributed by atoms with E-state index in [0.29, 0.717) is 0 Å². The van der Waals surface area contributed by atoms with Crippen molar-refractivity contribution in [3.05, 3.63) is 36.0 Å². The Labute approximate surface area is 99.4 Å². The summed E-state index contributed by atoms with van der Waals surface area (Å²) in [6, 6.07) is 7.95. The average molecular weight is 229 g/mol. The summed E-state index contributed by atoms with van der Waals surface area (Å²) in [6.45, 7) is 1.86. The van der Waals surface area contributed by atoms with Crippen LogP contribution in [-0.2, 0) is 0 Å². The molecule has 0 unspecified atom stereocenters. The van der Waals surface area contributed by atoms with Crippen molar-refractivity contribution >= 4 is 16.8 Å². The Balaban J connectivity index is 1.87. The van der Waals surface area contributed by atoms with Crippen molar-refractivity contribution in [2.24, 2.45) is 0 Å². The van der Waals surface area contributed by atoms with Crippen LogP contribution < -0.4 is 10.6 Å². The lowest BCUT2D eigenvalue weighted by atomic mass is 10.1. The van der Waals surface area contributed by atoms with Gasteiger partial charge in [-0.15, -0.1) is 0 Å². The van der Waals surface area contributed by atoms with Gasteiger partial charge in [0.05, 0.1) is 0 Å². The fraction of sp³-hybridized carbons (Fsp3) is 0.308. The van der Waals surface area contributed by atoms with Gasteiger partial charge in [-0.2, -0.15) is 0 Å². The summed E-state index contributed by atoms with van der Waals surface area (Å²) in [5.41, 5.74) is 1.75. The van der Waals surface area contributed by atoms with Crippen LogP contribution in [0.2, 0.25) is 0 Å². The molecule has 4 nitrogen and oxygen atoms in total. The summed E-state index contributed by atoms with van der Waals surface area (Å²) in [5.74, 6) is 0.0175. The second-order valence-electron chi connectivity index (χ2n) is 4.41. The number of carbonyl (C=O) groups excluding carboxylic acids is 1. The quantitative estimate of drug-likeness (QED) is 0.726. The molecule has 1 aromatic heterocycles. The number of carbonyl (C=O) groups is 1. The fourth-order valence-electron chi connectivity index (χ4n) is 2.32. The third-order valence-electron chi connectivity index (χ3n) is 3.24. The molecule has 2 aromatic rings. The second-order valence-corrected chi connectivity index (χ2v) is 4.41. The summed E-state index contributed by atoms with van der Waals surface area (Å²) in [4.78, 5) is 15.3.